The van der Waals surface area contributed by atoms with Crippen LogP contribution < -0.4 is 5.32 Å². The number of halogens is 2. The highest BCUT2D eigenvalue weighted by Gasteiger charge is 2.24. The normalized spacial score (nSPS) is 13.2. The molecule has 134 valence electrons. The van der Waals surface area contributed by atoms with Crippen LogP contribution in [0.3, 0.4) is 0 Å². The van der Waals surface area contributed by atoms with E-state index in [2.05, 4.69) is 10.3 Å². The number of amides is 1. The average molecular weight is 401 g/mol. The summed E-state index contributed by atoms with van der Waals surface area (Å²) in [7, 11) is 0. The predicted octanol–water partition coefficient (Wildman–Crippen LogP) is 4.49. The van der Waals surface area contributed by atoms with Gasteiger partial charge < -0.3 is 10.1 Å². The van der Waals surface area contributed by atoms with Gasteiger partial charge in [-0.15, -0.1) is 11.3 Å². The Hall–Kier alpha value is -1.63. The van der Waals surface area contributed by atoms with Crippen molar-refractivity contribution in [1.82, 2.24) is 10.3 Å². The minimum absolute atomic E-state index is 0.356. The summed E-state index contributed by atoms with van der Waals surface area (Å²) in [6.45, 7) is 6.85. The van der Waals surface area contributed by atoms with Crippen LogP contribution in [0, 0.1) is 13.8 Å². The van der Waals surface area contributed by atoms with E-state index in [1.165, 1.54) is 18.3 Å². The van der Waals surface area contributed by atoms with Gasteiger partial charge in [0.05, 0.1) is 16.7 Å². The van der Waals surface area contributed by atoms with Gasteiger partial charge in [0.15, 0.2) is 6.10 Å². The van der Waals surface area contributed by atoms with Crippen molar-refractivity contribution in [1.29, 1.82) is 0 Å². The number of hydrogen-bond donors (Lipinski definition) is 1. The fourth-order valence-electron chi connectivity index (χ4n) is 2.25. The van der Waals surface area contributed by atoms with Gasteiger partial charge in [-0.1, -0.05) is 29.3 Å². The maximum Gasteiger partial charge on any atom is 0.351 e. The standard InChI is InChI=1S/C17H18Cl2N2O3S/c1-8(13-6-5-12(18)7-14(13)19)21-16(22)10(3)24-17(23)15-9(2)20-11(4)25-15/h5-8,10H,1-4H3,(H,21,22)/t8-,10+/m1/s1. The Morgan fingerprint density at radius 3 is 2.48 bits per heavy atom. The van der Waals surface area contributed by atoms with Gasteiger partial charge in [-0.25, -0.2) is 9.78 Å². The third-order valence-electron chi connectivity index (χ3n) is 3.53. The van der Waals surface area contributed by atoms with E-state index in [9.17, 15) is 9.59 Å². The second-order valence-corrected chi connectivity index (χ2v) is 7.64. The molecule has 1 amide bonds. The summed E-state index contributed by atoms with van der Waals surface area (Å²) in [5.74, 6) is -0.964. The molecule has 0 saturated carbocycles. The number of nitrogens with one attached hydrogen (secondary N) is 1. The summed E-state index contributed by atoms with van der Waals surface area (Å²) in [6, 6.07) is 4.70. The first kappa shape index (κ1) is 19.7. The van der Waals surface area contributed by atoms with Gasteiger partial charge in [-0.3, -0.25) is 4.79 Å². The largest absolute Gasteiger partial charge is 0.448 e. The SMILES string of the molecule is Cc1nc(C)c(C(=O)O[C@@H](C)C(=O)N[C@H](C)c2ccc(Cl)cc2Cl)s1. The lowest BCUT2D eigenvalue weighted by Gasteiger charge is -2.19. The number of carbonyl (C=O) groups excluding carboxylic acids is 2. The van der Waals surface area contributed by atoms with Crippen molar-refractivity contribution in [3.05, 3.63) is 49.4 Å². The molecule has 2 aromatic rings. The summed E-state index contributed by atoms with van der Waals surface area (Å²) in [6.07, 6.45) is -0.942. The van der Waals surface area contributed by atoms with Gasteiger partial charge in [0.1, 0.15) is 4.88 Å². The number of aryl methyl sites for hydroxylation is 2. The van der Waals surface area contributed by atoms with Crippen LogP contribution in [0.15, 0.2) is 18.2 Å². The molecule has 0 aliphatic heterocycles. The lowest BCUT2D eigenvalue weighted by molar-refractivity contribution is -0.129. The minimum Gasteiger partial charge on any atom is -0.448 e. The molecule has 1 aromatic carbocycles. The van der Waals surface area contributed by atoms with Crippen molar-refractivity contribution in [3.63, 3.8) is 0 Å². The Bertz CT molecular complexity index is 807. The zero-order valence-corrected chi connectivity index (χ0v) is 16.6. The van der Waals surface area contributed by atoms with Crippen molar-refractivity contribution < 1.29 is 14.3 Å². The molecule has 5 nitrogen and oxygen atoms in total. The van der Waals surface area contributed by atoms with Gasteiger partial charge in [0.25, 0.3) is 5.91 Å². The van der Waals surface area contributed by atoms with Gasteiger partial charge in [0.2, 0.25) is 0 Å². The van der Waals surface area contributed by atoms with E-state index in [4.69, 9.17) is 27.9 Å². The molecular formula is C17H18Cl2N2O3S. The van der Waals surface area contributed by atoms with Crippen molar-refractivity contribution in [2.45, 2.75) is 39.8 Å². The number of rotatable bonds is 5. The van der Waals surface area contributed by atoms with Crippen LogP contribution >= 0.6 is 34.5 Å². The number of aromatic nitrogens is 1. The third kappa shape index (κ3) is 4.93. The van der Waals surface area contributed by atoms with Gasteiger partial charge in [-0.05, 0) is 45.4 Å². The Kier molecular flexibility index (Phi) is 6.43. The molecule has 8 heteroatoms. The molecule has 25 heavy (non-hydrogen) atoms. The van der Waals surface area contributed by atoms with Crippen LogP contribution in [0.4, 0.5) is 0 Å². The third-order valence-corrected chi connectivity index (χ3v) is 5.15. The highest BCUT2D eigenvalue weighted by molar-refractivity contribution is 7.13. The lowest BCUT2D eigenvalue weighted by atomic mass is 10.1. The lowest BCUT2D eigenvalue weighted by Crippen LogP contribution is -2.37. The molecule has 0 radical (unpaired) electrons. The number of esters is 1. The van der Waals surface area contributed by atoms with E-state index in [0.717, 1.165) is 10.6 Å². The summed E-state index contributed by atoms with van der Waals surface area (Å²) >= 11 is 13.3. The molecule has 2 atom stereocenters. The zero-order valence-electron chi connectivity index (χ0n) is 14.2. The monoisotopic (exact) mass is 400 g/mol. The second kappa shape index (κ2) is 8.17. The highest BCUT2D eigenvalue weighted by atomic mass is 35.5. The van der Waals surface area contributed by atoms with Crippen LogP contribution in [0.1, 0.15) is 45.8 Å². The molecule has 1 aromatic heterocycles. The Balaban J connectivity index is 2.00. The zero-order chi connectivity index (χ0) is 18.7. The molecule has 0 saturated heterocycles. The number of nitrogens with zero attached hydrogens (tertiary/aromatic N) is 1. The molecule has 0 fully saturated rings. The molecule has 0 spiro atoms. The fraction of sp³-hybridized carbons (Fsp3) is 0.353. The van der Waals surface area contributed by atoms with Crippen LogP contribution in [0.5, 0.6) is 0 Å². The van der Waals surface area contributed by atoms with Gasteiger partial charge in [-0.2, -0.15) is 0 Å². The van der Waals surface area contributed by atoms with Crippen molar-refractivity contribution >= 4 is 46.4 Å². The first-order valence-corrected chi connectivity index (χ1v) is 9.16. The number of hydrogen-bond acceptors (Lipinski definition) is 5. The number of thiazole rings is 1. The first-order chi connectivity index (χ1) is 11.7. The summed E-state index contributed by atoms with van der Waals surface area (Å²) in [5, 5.41) is 4.53. The number of carbonyl (C=O) groups is 2. The quantitative estimate of drug-likeness (QED) is 0.750. The molecule has 1 heterocycles. The molecule has 1 N–H and O–H groups in total. The average Bonchev–Trinajstić information content (AvgIpc) is 2.85. The Morgan fingerprint density at radius 2 is 1.92 bits per heavy atom. The van der Waals surface area contributed by atoms with Crippen LogP contribution in [0.25, 0.3) is 0 Å². The Morgan fingerprint density at radius 1 is 1.24 bits per heavy atom. The predicted molar refractivity (Wildman–Crippen MR) is 99.5 cm³/mol. The molecule has 0 aliphatic rings. The number of benzene rings is 1. The molecule has 0 bridgehead atoms. The van der Waals surface area contributed by atoms with Crippen LogP contribution in [-0.4, -0.2) is 23.0 Å². The molecule has 0 unspecified atom stereocenters. The van der Waals surface area contributed by atoms with E-state index in [1.807, 2.05) is 6.92 Å². The molecule has 2 rings (SSSR count). The summed E-state index contributed by atoms with van der Waals surface area (Å²) in [5.41, 5.74) is 1.33. The summed E-state index contributed by atoms with van der Waals surface area (Å²) in [4.78, 5) is 29.1. The Labute approximate surface area is 160 Å². The van der Waals surface area contributed by atoms with Gasteiger partial charge >= 0.3 is 5.97 Å². The molecule has 0 aliphatic carbocycles. The van der Waals surface area contributed by atoms with Crippen LogP contribution in [0.2, 0.25) is 10.0 Å². The number of ether oxygens (including phenoxy) is 1. The highest BCUT2D eigenvalue weighted by Crippen LogP contribution is 2.26. The van der Waals surface area contributed by atoms with E-state index >= 15 is 0 Å². The summed E-state index contributed by atoms with van der Waals surface area (Å²) < 4.78 is 5.24. The van der Waals surface area contributed by atoms with Gasteiger partial charge in [0, 0.05) is 10.0 Å². The molecular weight excluding hydrogens is 383 g/mol. The van der Waals surface area contributed by atoms with E-state index in [0.29, 0.717) is 20.6 Å². The minimum atomic E-state index is -0.942. The van der Waals surface area contributed by atoms with E-state index < -0.39 is 18.0 Å². The maximum atomic E-state index is 12.3. The van der Waals surface area contributed by atoms with Crippen LogP contribution in [-0.2, 0) is 9.53 Å². The van der Waals surface area contributed by atoms with Crippen molar-refractivity contribution in [3.8, 4) is 0 Å². The van der Waals surface area contributed by atoms with Crippen molar-refractivity contribution in [2.24, 2.45) is 0 Å². The maximum absolute atomic E-state index is 12.3. The van der Waals surface area contributed by atoms with E-state index in [-0.39, 0.29) is 6.04 Å². The smallest absolute Gasteiger partial charge is 0.351 e. The van der Waals surface area contributed by atoms with Crippen molar-refractivity contribution in [2.75, 3.05) is 0 Å². The second-order valence-electron chi connectivity index (χ2n) is 5.59. The topological polar surface area (TPSA) is 68.3 Å². The first-order valence-electron chi connectivity index (χ1n) is 7.59. The fourth-order valence-corrected chi connectivity index (χ4v) is 3.62. The van der Waals surface area contributed by atoms with E-state index in [1.54, 1.807) is 32.0 Å².